The molecule has 100 valence electrons. The van der Waals surface area contributed by atoms with Gasteiger partial charge in [0.25, 0.3) is 5.91 Å². The van der Waals surface area contributed by atoms with Crippen molar-refractivity contribution in [3.05, 3.63) is 33.8 Å². The van der Waals surface area contributed by atoms with Gasteiger partial charge < -0.3 is 5.32 Å². The fourth-order valence-corrected chi connectivity index (χ4v) is 2.80. The second-order valence-electron chi connectivity index (χ2n) is 4.81. The number of benzene rings is 1. The molecular formula is C15H22BrNO. The minimum atomic E-state index is -0.0761. The Bertz CT molecular complexity index is 396. The number of hydrogen-bond acceptors (Lipinski definition) is 1. The number of aryl methyl sites for hydroxylation is 1. The first-order valence-electron chi connectivity index (χ1n) is 6.56. The van der Waals surface area contributed by atoms with E-state index in [2.05, 4.69) is 42.0 Å². The normalized spacial score (nSPS) is 11.4. The Morgan fingerprint density at radius 3 is 2.17 bits per heavy atom. The molecule has 0 atom stereocenters. The average molecular weight is 312 g/mol. The van der Waals surface area contributed by atoms with Crippen LogP contribution in [0.15, 0.2) is 22.7 Å². The van der Waals surface area contributed by atoms with Crippen LogP contribution in [-0.4, -0.2) is 11.4 Å². The highest BCUT2D eigenvalue weighted by Gasteiger charge is 2.26. The van der Waals surface area contributed by atoms with Crippen LogP contribution in [-0.2, 0) is 0 Å². The van der Waals surface area contributed by atoms with E-state index in [1.807, 2.05) is 25.1 Å². The molecule has 0 bridgehead atoms. The van der Waals surface area contributed by atoms with E-state index in [9.17, 15) is 4.79 Å². The highest BCUT2D eigenvalue weighted by atomic mass is 79.9. The summed E-state index contributed by atoms with van der Waals surface area (Å²) in [5.74, 6) is 0.0185. The first kappa shape index (κ1) is 15.2. The van der Waals surface area contributed by atoms with Crippen molar-refractivity contribution in [1.82, 2.24) is 5.32 Å². The maximum Gasteiger partial charge on any atom is 0.251 e. The van der Waals surface area contributed by atoms with Crippen molar-refractivity contribution in [2.75, 3.05) is 0 Å². The third-order valence-corrected chi connectivity index (χ3v) is 4.17. The van der Waals surface area contributed by atoms with Gasteiger partial charge in [-0.15, -0.1) is 0 Å². The summed E-state index contributed by atoms with van der Waals surface area (Å²) in [5, 5.41) is 3.19. The summed E-state index contributed by atoms with van der Waals surface area (Å²) in [6.07, 6.45) is 2.87. The fourth-order valence-electron chi connectivity index (χ4n) is 2.20. The molecule has 0 heterocycles. The van der Waals surface area contributed by atoms with Crippen molar-refractivity contribution < 1.29 is 4.79 Å². The molecule has 0 aromatic heterocycles. The van der Waals surface area contributed by atoms with Gasteiger partial charge in [0.05, 0.1) is 0 Å². The Morgan fingerprint density at radius 1 is 1.17 bits per heavy atom. The van der Waals surface area contributed by atoms with Crippen LogP contribution >= 0.6 is 15.9 Å². The average Bonchev–Trinajstić information content (AvgIpc) is 2.35. The predicted octanol–water partition coefficient (Wildman–Crippen LogP) is 4.46. The fraction of sp³-hybridized carbons (Fsp3) is 0.533. The number of amides is 1. The summed E-state index contributed by atoms with van der Waals surface area (Å²) < 4.78 is 0.947. The van der Waals surface area contributed by atoms with Gasteiger partial charge in [-0.05, 0) is 49.9 Å². The highest BCUT2D eigenvalue weighted by molar-refractivity contribution is 9.10. The van der Waals surface area contributed by atoms with Crippen LogP contribution in [0.2, 0.25) is 0 Å². The molecule has 1 amide bonds. The van der Waals surface area contributed by atoms with Gasteiger partial charge in [0, 0.05) is 15.6 Å². The summed E-state index contributed by atoms with van der Waals surface area (Å²) in [6.45, 7) is 8.37. The summed E-state index contributed by atoms with van der Waals surface area (Å²) in [5.41, 5.74) is 1.74. The van der Waals surface area contributed by atoms with E-state index >= 15 is 0 Å². The maximum absolute atomic E-state index is 12.3. The zero-order valence-corrected chi connectivity index (χ0v) is 13.2. The monoisotopic (exact) mass is 311 g/mol. The molecule has 0 unspecified atom stereocenters. The lowest BCUT2D eigenvalue weighted by Crippen LogP contribution is -2.47. The molecule has 1 N–H and O–H groups in total. The number of rotatable bonds is 5. The number of halogens is 1. The van der Waals surface area contributed by atoms with E-state index in [4.69, 9.17) is 0 Å². The van der Waals surface area contributed by atoms with Crippen molar-refractivity contribution in [2.45, 2.75) is 52.5 Å². The van der Waals surface area contributed by atoms with Gasteiger partial charge in [-0.25, -0.2) is 0 Å². The molecule has 3 heteroatoms. The summed E-state index contributed by atoms with van der Waals surface area (Å²) >= 11 is 3.43. The Labute approximate surface area is 118 Å². The van der Waals surface area contributed by atoms with E-state index in [0.29, 0.717) is 0 Å². The quantitative estimate of drug-likeness (QED) is 0.854. The van der Waals surface area contributed by atoms with Crippen molar-refractivity contribution in [2.24, 2.45) is 0 Å². The van der Waals surface area contributed by atoms with Crippen molar-refractivity contribution in [3.63, 3.8) is 0 Å². The first-order valence-corrected chi connectivity index (χ1v) is 7.35. The minimum Gasteiger partial charge on any atom is -0.347 e. The Kier molecular flexibility index (Phi) is 5.39. The molecule has 0 spiro atoms. The molecule has 0 aliphatic carbocycles. The van der Waals surface area contributed by atoms with Gasteiger partial charge in [-0.2, -0.15) is 0 Å². The lowest BCUT2D eigenvalue weighted by atomic mass is 9.89. The minimum absolute atomic E-state index is 0.0185. The highest BCUT2D eigenvalue weighted by Crippen LogP contribution is 2.21. The first-order chi connectivity index (χ1) is 8.46. The summed E-state index contributed by atoms with van der Waals surface area (Å²) in [4.78, 5) is 12.3. The molecular weight excluding hydrogens is 290 g/mol. The molecule has 1 aromatic carbocycles. The second kappa shape index (κ2) is 6.37. The third kappa shape index (κ3) is 3.58. The van der Waals surface area contributed by atoms with Gasteiger partial charge in [-0.3, -0.25) is 4.79 Å². The Morgan fingerprint density at radius 2 is 1.72 bits per heavy atom. The zero-order valence-electron chi connectivity index (χ0n) is 11.6. The van der Waals surface area contributed by atoms with Crippen LogP contribution in [0.1, 0.15) is 56.0 Å². The van der Waals surface area contributed by atoms with Gasteiger partial charge >= 0.3 is 0 Å². The molecule has 0 saturated heterocycles. The molecule has 18 heavy (non-hydrogen) atoms. The predicted molar refractivity (Wildman–Crippen MR) is 79.9 cm³/mol. The molecule has 0 radical (unpaired) electrons. The van der Waals surface area contributed by atoms with Crippen LogP contribution in [0, 0.1) is 6.92 Å². The van der Waals surface area contributed by atoms with Gasteiger partial charge in [0.15, 0.2) is 0 Å². The molecule has 1 aromatic rings. The van der Waals surface area contributed by atoms with Crippen molar-refractivity contribution >= 4 is 21.8 Å². The van der Waals surface area contributed by atoms with E-state index in [0.717, 1.165) is 34.9 Å². The van der Waals surface area contributed by atoms with Crippen LogP contribution in [0.25, 0.3) is 0 Å². The van der Waals surface area contributed by atoms with E-state index in [1.54, 1.807) is 0 Å². The number of nitrogens with one attached hydrogen (secondary N) is 1. The van der Waals surface area contributed by atoms with Gasteiger partial charge in [0.1, 0.15) is 0 Å². The van der Waals surface area contributed by atoms with Crippen LogP contribution < -0.4 is 5.32 Å². The largest absolute Gasteiger partial charge is 0.347 e. The molecule has 0 fully saturated rings. The van der Waals surface area contributed by atoms with Crippen molar-refractivity contribution in [3.8, 4) is 0 Å². The SMILES string of the molecule is CCC(CC)(CC)NC(=O)c1cc(C)cc(Br)c1. The van der Waals surface area contributed by atoms with Crippen LogP contribution in [0.3, 0.4) is 0 Å². The standard InChI is InChI=1S/C15H22BrNO/c1-5-15(6-2,7-3)17-14(18)12-8-11(4)9-13(16)10-12/h8-10H,5-7H2,1-4H3,(H,17,18). The van der Waals surface area contributed by atoms with E-state index < -0.39 is 0 Å². The van der Waals surface area contributed by atoms with Gasteiger partial charge in [-0.1, -0.05) is 36.7 Å². The molecule has 0 aliphatic rings. The summed E-state index contributed by atoms with van der Waals surface area (Å²) in [7, 11) is 0. The lowest BCUT2D eigenvalue weighted by Gasteiger charge is -2.31. The zero-order chi connectivity index (χ0) is 13.8. The van der Waals surface area contributed by atoms with Crippen LogP contribution in [0.4, 0.5) is 0 Å². The molecule has 1 rings (SSSR count). The lowest BCUT2D eigenvalue weighted by molar-refractivity contribution is 0.0888. The van der Waals surface area contributed by atoms with E-state index in [1.165, 1.54) is 0 Å². The number of carbonyl (C=O) groups is 1. The van der Waals surface area contributed by atoms with Crippen molar-refractivity contribution in [1.29, 1.82) is 0 Å². The van der Waals surface area contributed by atoms with Crippen LogP contribution in [0.5, 0.6) is 0 Å². The number of hydrogen-bond donors (Lipinski definition) is 1. The molecule has 0 saturated carbocycles. The second-order valence-corrected chi connectivity index (χ2v) is 5.73. The topological polar surface area (TPSA) is 29.1 Å². The number of carbonyl (C=O) groups excluding carboxylic acids is 1. The molecule has 0 aliphatic heterocycles. The maximum atomic E-state index is 12.3. The smallest absolute Gasteiger partial charge is 0.251 e. The molecule has 2 nitrogen and oxygen atoms in total. The Balaban J connectivity index is 2.94. The van der Waals surface area contributed by atoms with Gasteiger partial charge in [0.2, 0.25) is 0 Å². The summed E-state index contributed by atoms with van der Waals surface area (Å²) in [6, 6.07) is 5.80. The van der Waals surface area contributed by atoms with E-state index in [-0.39, 0.29) is 11.4 Å². The third-order valence-electron chi connectivity index (χ3n) is 3.71. The Hall–Kier alpha value is -0.830.